The van der Waals surface area contributed by atoms with Crippen LogP contribution in [0.4, 0.5) is 0 Å². The van der Waals surface area contributed by atoms with Crippen molar-refractivity contribution >= 4 is 11.6 Å². The van der Waals surface area contributed by atoms with E-state index in [2.05, 4.69) is 13.8 Å². The normalized spacial score (nSPS) is 13.1. The summed E-state index contributed by atoms with van der Waals surface area (Å²) in [7, 11) is 0. The fraction of sp³-hybridized carbons (Fsp3) is 0.800. The molecule has 0 spiro atoms. The molecule has 0 amide bonds. The summed E-state index contributed by atoms with van der Waals surface area (Å²) in [5, 5.41) is 0. The van der Waals surface area contributed by atoms with E-state index in [1.165, 1.54) is 6.92 Å². The zero-order valence-corrected chi connectivity index (χ0v) is 8.39. The average Bonchev–Trinajstić information content (AvgIpc) is 1.83. The lowest BCUT2D eigenvalue weighted by atomic mass is 9.90. The molecule has 0 aliphatic rings. The molecule has 0 rings (SSSR count). The lowest BCUT2D eigenvalue weighted by Crippen LogP contribution is -2.16. The first-order valence-corrected chi connectivity index (χ1v) is 4.43. The van der Waals surface area contributed by atoms with E-state index in [-0.39, 0.29) is 17.5 Å². The SMILES string of the molecule is CC(=O)CC(CC(C)C)C(C)=O. The van der Waals surface area contributed by atoms with Crippen LogP contribution < -0.4 is 0 Å². The molecule has 0 saturated carbocycles. The van der Waals surface area contributed by atoms with E-state index in [0.29, 0.717) is 12.3 Å². The van der Waals surface area contributed by atoms with E-state index in [1.807, 2.05) is 0 Å². The molecule has 0 aromatic rings. The van der Waals surface area contributed by atoms with Gasteiger partial charge in [0.15, 0.2) is 0 Å². The van der Waals surface area contributed by atoms with Crippen LogP contribution in [0.2, 0.25) is 0 Å². The minimum atomic E-state index is -0.0532. The molecule has 0 aromatic carbocycles. The minimum absolute atomic E-state index is 0.0532. The van der Waals surface area contributed by atoms with Crippen molar-refractivity contribution in [2.24, 2.45) is 11.8 Å². The van der Waals surface area contributed by atoms with Gasteiger partial charge in [0.05, 0.1) is 0 Å². The molecule has 0 fully saturated rings. The number of rotatable bonds is 5. The van der Waals surface area contributed by atoms with Gasteiger partial charge < -0.3 is 4.79 Å². The quantitative estimate of drug-likeness (QED) is 0.634. The summed E-state index contributed by atoms with van der Waals surface area (Å²) in [4.78, 5) is 21.9. The van der Waals surface area contributed by atoms with Crippen LogP contribution in [0.5, 0.6) is 0 Å². The predicted octanol–water partition coefficient (Wildman–Crippen LogP) is 2.22. The highest BCUT2D eigenvalue weighted by Gasteiger charge is 2.17. The van der Waals surface area contributed by atoms with Crippen molar-refractivity contribution in [3.63, 3.8) is 0 Å². The standard InChI is InChI=1S/C10H18O2/c1-7(2)5-10(9(4)12)6-8(3)11/h7,10H,5-6H2,1-4H3. The van der Waals surface area contributed by atoms with Gasteiger partial charge in [0.2, 0.25) is 0 Å². The van der Waals surface area contributed by atoms with Crippen LogP contribution in [0.15, 0.2) is 0 Å². The fourth-order valence-corrected chi connectivity index (χ4v) is 1.31. The topological polar surface area (TPSA) is 34.1 Å². The lowest BCUT2D eigenvalue weighted by Gasteiger charge is -2.13. The molecular formula is C10H18O2. The smallest absolute Gasteiger partial charge is 0.133 e. The highest BCUT2D eigenvalue weighted by Crippen LogP contribution is 2.16. The third-order valence-corrected chi connectivity index (χ3v) is 1.86. The molecule has 0 radical (unpaired) electrons. The molecule has 0 aliphatic carbocycles. The number of carbonyl (C=O) groups is 2. The molecule has 12 heavy (non-hydrogen) atoms. The van der Waals surface area contributed by atoms with Gasteiger partial charge in [-0.25, -0.2) is 0 Å². The molecule has 0 aliphatic heterocycles. The summed E-state index contributed by atoms with van der Waals surface area (Å²) in [6.07, 6.45) is 1.24. The maximum absolute atomic E-state index is 11.1. The molecule has 0 heterocycles. The number of hydrogen-bond donors (Lipinski definition) is 0. The Kier molecular flexibility index (Phi) is 4.79. The Balaban J connectivity index is 4.04. The molecule has 1 atom stereocenters. The third kappa shape index (κ3) is 5.05. The monoisotopic (exact) mass is 170 g/mol. The van der Waals surface area contributed by atoms with Crippen LogP contribution in [-0.4, -0.2) is 11.6 Å². The van der Waals surface area contributed by atoms with Gasteiger partial charge in [0.25, 0.3) is 0 Å². The van der Waals surface area contributed by atoms with Crippen molar-refractivity contribution < 1.29 is 9.59 Å². The molecule has 2 heteroatoms. The maximum atomic E-state index is 11.1. The fourth-order valence-electron chi connectivity index (χ4n) is 1.31. The zero-order valence-electron chi connectivity index (χ0n) is 8.39. The predicted molar refractivity (Wildman–Crippen MR) is 48.9 cm³/mol. The van der Waals surface area contributed by atoms with Crippen LogP contribution in [0.25, 0.3) is 0 Å². The molecule has 0 aromatic heterocycles. The van der Waals surface area contributed by atoms with Crippen LogP contribution in [0.3, 0.4) is 0 Å². The van der Waals surface area contributed by atoms with Gasteiger partial charge in [0.1, 0.15) is 11.6 Å². The molecule has 0 saturated heterocycles. The molecule has 70 valence electrons. The van der Waals surface area contributed by atoms with E-state index in [1.54, 1.807) is 6.92 Å². The molecular weight excluding hydrogens is 152 g/mol. The molecule has 2 nitrogen and oxygen atoms in total. The summed E-state index contributed by atoms with van der Waals surface area (Å²) >= 11 is 0. The second-order valence-electron chi connectivity index (χ2n) is 3.84. The Morgan fingerprint density at radius 3 is 1.92 bits per heavy atom. The van der Waals surface area contributed by atoms with Gasteiger partial charge >= 0.3 is 0 Å². The van der Waals surface area contributed by atoms with Crippen molar-refractivity contribution in [2.45, 2.75) is 40.5 Å². The van der Waals surface area contributed by atoms with E-state index in [0.717, 1.165) is 6.42 Å². The Labute approximate surface area is 74.3 Å². The van der Waals surface area contributed by atoms with Gasteiger partial charge in [-0.3, -0.25) is 4.79 Å². The third-order valence-electron chi connectivity index (χ3n) is 1.86. The van der Waals surface area contributed by atoms with E-state index in [4.69, 9.17) is 0 Å². The number of hydrogen-bond acceptors (Lipinski definition) is 2. The van der Waals surface area contributed by atoms with E-state index >= 15 is 0 Å². The van der Waals surface area contributed by atoms with Gasteiger partial charge in [-0.2, -0.15) is 0 Å². The first-order chi connectivity index (χ1) is 5.43. The number of ketones is 2. The molecule has 0 bridgehead atoms. The second-order valence-corrected chi connectivity index (χ2v) is 3.84. The Bertz CT molecular complexity index is 171. The largest absolute Gasteiger partial charge is 0.300 e. The zero-order chi connectivity index (χ0) is 9.72. The van der Waals surface area contributed by atoms with Crippen molar-refractivity contribution in [1.29, 1.82) is 0 Å². The Morgan fingerprint density at radius 1 is 1.17 bits per heavy atom. The maximum Gasteiger partial charge on any atom is 0.133 e. The average molecular weight is 170 g/mol. The van der Waals surface area contributed by atoms with Crippen molar-refractivity contribution in [3.8, 4) is 0 Å². The van der Waals surface area contributed by atoms with Gasteiger partial charge in [-0.05, 0) is 26.2 Å². The Morgan fingerprint density at radius 2 is 1.67 bits per heavy atom. The van der Waals surface area contributed by atoms with Crippen LogP contribution in [0.1, 0.15) is 40.5 Å². The van der Waals surface area contributed by atoms with Gasteiger partial charge in [-0.15, -0.1) is 0 Å². The Hall–Kier alpha value is -0.660. The van der Waals surface area contributed by atoms with Gasteiger partial charge in [0, 0.05) is 12.3 Å². The van der Waals surface area contributed by atoms with Crippen LogP contribution in [0, 0.1) is 11.8 Å². The summed E-state index contributed by atoms with van der Waals surface area (Å²) in [6.45, 7) is 7.23. The highest BCUT2D eigenvalue weighted by atomic mass is 16.1. The number of carbonyl (C=O) groups excluding carboxylic acids is 2. The minimum Gasteiger partial charge on any atom is -0.300 e. The van der Waals surface area contributed by atoms with E-state index in [9.17, 15) is 9.59 Å². The number of Topliss-reactive ketones (excluding diaryl/α,β-unsaturated/α-hetero) is 2. The lowest BCUT2D eigenvalue weighted by molar-refractivity contribution is -0.126. The second kappa shape index (κ2) is 5.07. The summed E-state index contributed by atoms with van der Waals surface area (Å²) < 4.78 is 0. The first kappa shape index (κ1) is 11.3. The molecule has 1 unspecified atom stereocenters. The van der Waals surface area contributed by atoms with Crippen LogP contribution >= 0.6 is 0 Å². The summed E-state index contributed by atoms with van der Waals surface area (Å²) in [5.41, 5.74) is 0. The van der Waals surface area contributed by atoms with Crippen molar-refractivity contribution in [1.82, 2.24) is 0 Å². The highest BCUT2D eigenvalue weighted by molar-refractivity contribution is 5.85. The van der Waals surface area contributed by atoms with Gasteiger partial charge in [-0.1, -0.05) is 13.8 Å². The summed E-state index contributed by atoms with van der Waals surface area (Å²) in [5.74, 6) is 0.676. The van der Waals surface area contributed by atoms with E-state index < -0.39 is 0 Å². The molecule has 0 N–H and O–H groups in total. The first-order valence-electron chi connectivity index (χ1n) is 4.43. The summed E-state index contributed by atoms with van der Waals surface area (Å²) in [6, 6.07) is 0. The van der Waals surface area contributed by atoms with Crippen molar-refractivity contribution in [2.75, 3.05) is 0 Å². The van der Waals surface area contributed by atoms with Crippen LogP contribution in [-0.2, 0) is 9.59 Å². The van der Waals surface area contributed by atoms with Crippen molar-refractivity contribution in [3.05, 3.63) is 0 Å².